The van der Waals surface area contributed by atoms with Gasteiger partial charge in [0.25, 0.3) is 0 Å². The molecule has 0 atom stereocenters. The van der Waals surface area contributed by atoms with Gasteiger partial charge in [-0.25, -0.2) is 26.3 Å². The zero-order valence-corrected chi connectivity index (χ0v) is 15.4. The van der Waals surface area contributed by atoms with Crippen LogP contribution in [-0.4, -0.2) is 21.9 Å². The minimum atomic E-state index is -5.91. The highest BCUT2D eigenvalue weighted by molar-refractivity contribution is 8.04. The van der Waals surface area contributed by atoms with Crippen LogP contribution < -0.4 is 8.37 Å². The zero-order chi connectivity index (χ0) is 24.0. The van der Waals surface area contributed by atoms with Gasteiger partial charge in [-0.3, -0.25) is 0 Å². The molecule has 0 heterocycles. The Bertz CT molecular complexity index is 1140. The molecule has 0 radical (unpaired) electrons. The van der Waals surface area contributed by atoms with Crippen molar-refractivity contribution in [1.82, 2.24) is 0 Å². The Morgan fingerprint density at radius 1 is 0.419 bits per heavy atom. The van der Waals surface area contributed by atoms with Gasteiger partial charge < -0.3 is 8.37 Å². The predicted octanol–water partition coefficient (Wildman–Crippen LogP) is 3.15. The van der Waals surface area contributed by atoms with Crippen molar-refractivity contribution in [2.75, 3.05) is 5.08 Å². The molecular formula is C13H2F10O6S2. The monoisotopic (exact) mass is 508 g/mol. The van der Waals surface area contributed by atoms with Gasteiger partial charge in [0.1, 0.15) is 0 Å². The first kappa shape index (κ1) is 24.5. The van der Waals surface area contributed by atoms with E-state index in [0.717, 1.165) is 0 Å². The van der Waals surface area contributed by atoms with E-state index in [-0.39, 0.29) is 0 Å². The van der Waals surface area contributed by atoms with Crippen molar-refractivity contribution < 1.29 is 69.1 Å². The lowest BCUT2D eigenvalue weighted by Gasteiger charge is -2.12. The Morgan fingerprint density at radius 2 is 0.613 bits per heavy atom. The standard InChI is InChI=1S/C13H2F10O6S2/c14-2-4(16)8(20)12(9(21)5(2)17)28-30(24,25)1-31(26,27)29-13-10(22)6(18)3(15)7(19)11(13)23/h1H2. The predicted molar refractivity (Wildman–Crippen MR) is 76.4 cm³/mol. The average Bonchev–Trinajstić information content (AvgIpc) is 2.67. The van der Waals surface area contributed by atoms with Gasteiger partial charge in [0, 0.05) is 0 Å². The second-order valence-electron chi connectivity index (χ2n) is 5.20. The second kappa shape index (κ2) is 8.06. The first-order chi connectivity index (χ1) is 14.0. The minimum absolute atomic E-state index is 2.47. The number of hydrogen-bond acceptors (Lipinski definition) is 6. The van der Waals surface area contributed by atoms with Crippen LogP contribution in [0, 0.1) is 58.2 Å². The van der Waals surface area contributed by atoms with Crippen molar-refractivity contribution >= 4 is 20.2 Å². The van der Waals surface area contributed by atoms with Gasteiger partial charge in [0.2, 0.25) is 74.8 Å². The van der Waals surface area contributed by atoms with Crippen molar-refractivity contribution in [3.8, 4) is 11.5 Å². The summed E-state index contributed by atoms with van der Waals surface area (Å²) in [6, 6.07) is 0. The molecule has 172 valence electrons. The van der Waals surface area contributed by atoms with Crippen molar-refractivity contribution in [3.05, 3.63) is 58.2 Å². The molecule has 6 nitrogen and oxygen atoms in total. The molecular weight excluding hydrogens is 506 g/mol. The first-order valence-corrected chi connectivity index (χ1v) is 10.0. The number of hydrogen-bond donors (Lipinski definition) is 0. The molecule has 0 aliphatic carbocycles. The second-order valence-corrected chi connectivity index (χ2v) is 8.70. The maximum absolute atomic E-state index is 13.4. The van der Waals surface area contributed by atoms with E-state index in [1.807, 2.05) is 0 Å². The lowest BCUT2D eigenvalue weighted by atomic mass is 10.3. The fraction of sp³-hybridized carbons (Fsp3) is 0.0769. The number of rotatable bonds is 6. The fourth-order valence-electron chi connectivity index (χ4n) is 1.79. The van der Waals surface area contributed by atoms with Crippen LogP contribution in [0.2, 0.25) is 0 Å². The molecule has 0 aliphatic heterocycles. The highest BCUT2D eigenvalue weighted by Crippen LogP contribution is 2.32. The Hall–Kier alpha value is -2.76. The van der Waals surface area contributed by atoms with Crippen LogP contribution in [0.3, 0.4) is 0 Å². The van der Waals surface area contributed by atoms with Crippen LogP contribution in [0.1, 0.15) is 0 Å². The van der Waals surface area contributed by atoms with E-state index in [4.69, 9.17) is 0 Å². The van der Waals surface area contributed by atoms with E-state index in [1.54, 1.807) is 0 Å². The van der Waals surface area contributed by atoms with E-state index in [0.29, 0.717) is 0 Å². The molecule has 0 N–H and O–H groups in total. The summed E-state index contributed by atoms with van der Waals surface area (Å²) < 4.78 is 185. The molecule has 0 bridgehead atoms. The van der Waals surface area contributed by atoms with E-state index in [9.17, 15) is 60.7 Å². The van der Waals surface area contributed by atoms with E-state index < -0.39 is 95.0 Å². The third kappa shape index (κ3) is 4.63. The van der Waals surface area contributed by atoms with Gasteiger partial charge in [-0.15, -0.1) is 0 Å². The summed E-state index contributed by atoms with van der Waals surface area (Å²) in [5.41, 5.74) is 0. The molecule has 0 unspecified atom stereocenters. The van der Waals surface area contributed by atoms with Crippen LogP contribution in [-0.2, 0) is 20.2 Å². The van der Waals surface area contributed by atoms with Crippen molar-refractivity contribution in [3.63, 3.8) is 0 Å². The SMILES string of the molecule is O=S(=O)(CS(=O)(=O)Oc1c(F)c(F)c(F)c(F)c1F)Oc1c(F)c(F)c(F)c(F)c1F. The summed E-state index contributed by atoms with van der Waals surface area (Å²) in [5, 5.41) is -2.63. The summed E-state index contributed by atoms with van der Waals surface area (Å²) in [7, 11) is -11.8. The molecule has 0 amide bonds. The summed E-state index contributed by atoms with van der Waals surface area (Å²) >= 11 is 0. The van der Waals surface area contributed by atoms with Gasteiger partial charge in [-0.2, -0.15) is 34.4 Å². The quantitative estimate of drug-likeness (QED) is 0.258. The zero-order valence-electron chi connectivity index (χ0n) is 13.8. The topological polar surface area (TPSA) is 86.7 Å². The average molecular weight is 508 g/mol. The molecule has 2 aromatic rings. The third-order valence-corrected chi connectivity index (χ3v) is 6.20. The van der Waals surface area contributed by atoms with E-state index >= 15 is 0 Å². The Labute approximate surface area is 164 Å². The van der Waals surface area contributed by atoms with Crippen LogP contribution in [0.15, 0.2) is 0 Å². The van der Waals surface area contributed by atoms with Crippen molar-refractivity contribution in [1.29, 1.82) is 0 Å². The summed E-state index contributed by atoms with van der Waals surface area (Å²) in [4.78, 5) is 0. The molecule has 0 aliphatic rings. The molecule has 2 aromatic carbocycles. The molecule has 31 heavy (non-hydrogen) atoms. The first-order valence-electron chi connectivity index (χ1n) is 6.88. The van der Waals surface area contributed by atoms with Crippen molar-refractivity contribution in [2.45, 2.75) is 0 Å². The third-order valence-electron chi connectivity index (χ3n) is 3.05. The maximum Gasteiger partial charge on any atom is 0.327 e. The van der Waals surface area contributed by atoms with E-state index in [2.05, 4.69) is 8.37 Å². The van der Waals surface area contributed by atoms with Crippen LogP contribution in [0.25, 0.3) is 0 Å². The lowest BCUT2D eigenvalue weighted by molar-refractivity contribution is 0.344. The minimum Gasteiger partial charge on any atom is -0.375 e. The summed E-state index contributed by atoms with van der Waals surface area (Å²) in [5.74, 6) is -32.4. The van der Waals surface area contributed by atoms with Crippen molar-refractivity contribution in [2.24, 2.45) is 0 Å². The van der Waals surface area contributed by atoms with Gasteiger partial charge in [0.15, 0.2) is 0 Å². The fourth-order valence-corrected chi connectivity index (χ4v) is 4.39. The Kier molecular flexibility index (Phi) is 6.37. The smallest absolute Gasteiger partial charge is 0.327 e. The molecule has 0 fully saturated rings. The van der Waals surface area contributed by atoms with Crippen LogP contribution >= 0.6 is 0 Å². The van der Waals surface area contributed by atoms with Gasteiger partial charge in [0.05, 0.1) is 0 Å². The number of benzene rings is 2. The van der Waals surface area contributed by atoms with E-state index in [1.165, 1.54) is 0 Å². The van der Waals surface area contributed by atoms with Gasteiger partial charge >= 0.3 is 20.2 Å². The Morgan fingerprint density at radius 3 is 0.839 bits per heavy atom. The highest BCUT2D eigenvalue weighted by Gasteiger charge is 2.35. The molecule has 2 rings (SSSR count). The largest absolute Gasteiger partial charge is 0.375 e. The molecule has 0 saturated heterocycles. The number of halogens is 10. The highest BCUT2D eigenvalue weighted by atomic mass is 32.3. The molecule has 18 heteroatoms. The Balaban J connectivity index is 2.42. The lowest BCUT2D eigenvalue weighted by Crippen LogP contribution is -2.26. The molecule has 0 saturated carbocycles. The summed E-state index contributed by atoms with van der Waals surface area (Å²) in [6.07, 6.45) is 0. The molecule has 0 aromatic heterocycles. The van der Waals surface area contributed by atoms with Crippen LogP contribution in [0.4, 0.5) is 43.9 Å². The normalized spacial score (nSPS) is 12.2. The summed E-state index contributed by atoms with van der Waals surface area (Å²) in [6.45, 7) is 0. The van der Waals surface area contributed by atoms with Gasteiger partial charge in [-0.1, -0.05) is 0 Å². The maximum atomic E-state index is 13.4. The molecule has 0 spiro atoms. The van der Waals surface area contributed by atoms with Crippen LogP contribution in [0.5, 0.6) is 11.5 Å². The van der Waals surface area contributed by atoms with Gasteiger partial charge in [-0.05, 0) is 0 Å².